The van der Waals surface area contributed by atoms with Crippen molar-refractivity contribution in [1.29, 1.82) is 0 Å². The fourth-order valence-corrected chi connectivity index (χ4v) is 7.62. The van der Waals surface area contributed by atoms with Crippen LogP contribution in [0.3, 0.4) is 0 Å². The fraction of sp³-hybridized carbons (Fsp3) is 0.806. The first-order valence-electron chi connectivity index (χ1n) is 14.0. The molecular weight excluding hydrogens is 420 g/mol. The van der Waals surface area contributed by atoms with Gasteiger partial charge >= 0.3 is 0 Å². The van der Waals surface area contributed by atoms with Crippen molar-refractivity contribution in [3.05, 3.63) is 35.5 Å². The van der Waals surface area contributed by atoms with E-state index in [4.69, 9.17) is 4.74 Å². The number of hydrogen-bond donors (Lipinski definition) is 2. The molecular formula is C31H52O3. The van der Waals surface area contributed by atoms with Gasteiger partial charge in [-0.1, -0.05) is 57.9 Å². The topological polar surface area (TPSA) is 49.7 Å². The molecule has 3 aliphatic rings. The van der Waals surface area contributed by atoms with E-state index in [2.05, 4.69) is 39.5 Å². The van der Waals surface area contributed by atoms with Crippen molar-refractivity contribution >= 4 is 0 Å². The molecule has 0 amide bonds. The Morgan fingerprint density at radius 2 is 1.97 bits per heavy atom. The van der Waals surface area contributed by atoms with Gasteiger partial charge in [0.25, 0.3) is 0 Å². The van der Waals surface area contributed by atoms with E-state index in [1.54, 1.807) is 5.57 Å². The monoisotopic (exact) mass is 472 g/mol. The summed E-state index contributed by atoms with van der Waals surface area (Å²) in [4.78, 5) is 0. The van der Waals surface area contributed by atoms with Crippen LogP contribution < -0.4 is 0 Å². The molecule has 0 radical (unpaired) electrons. The van der Waals surface area contributed by atoms with E-state index in [9.17, 15) is 10.2 Å². The molecule has 3 saturated carbocycles. The van der Waals surface area contributed by atoms with E-state index in [0.717, 1.165) is 38.5 Å². The van der Waals surface area contributed by atoms with Crippen LogP contribution in [0.15, 0.2) is 35.5 Å². The molecule has 34 heavy (non-hydrogen) atoms. The molecule has 3 heteroatoms. The van der Waals surface area contributed by atoms with Crippen LogP contribution in [0.25, 0.3) is 0 Å². The smallest absolute Gasteiger partial charge is 0.0599 e. The average Bonchev–Trinajstić information content (AvgIpc) is 3.11. The quantitative estimate of drug-likeness (QED) is 0.344. The Kier molecular flexibility index (Phi) is 9.31. The molecule has 0 aromatic carbocycles. The van der Waals surface area contributed by atoms with E-state index in [1.165, 1.54) is 43.3 Å². The molecule has 3 nitrogen and oxygen atoms in total. The Hall–Kier alpha value is -0.900. The van der Waals surface area contributed by atoms with Gasteiger partial charge in [0.15, 0.2) is 0 Å². The number of fused-ring (bicyclic) bond motifs is 1. The second-order valence-corrected chi connectivity index (χ2v) is 12.7. The van der Waals surface area contributed by atoms with Crippen LogP contribution in [0.1, 0.15) is 105 Å². The molecule has 0 saturated heterocycles. The zero-order valence-electron chi connectivity index (χ0n) is 22.9. The minimum absolute atomic E-state index is 0.229. The van der Waals surface area contributed by atoms with Gasteiger partial charge in [-0.2, -0.15) is 0 Å². The van der Waals surface area contributed by atoms with E-state index in [-0.39, 0.29) is 6.10 Å². The van der Waals surface area contributed by atoms with Crippen molar-refractivity contribution in [1.82, 2.24) is 0 Å². The first-order valence-corrected chi connectivity index (χ1v) is 14.0. The highest BCUT2D eigenvalue weighted by atomic mass is 16.5. The second kappa shape index (κ2) is 11.4. The molecule has 2 N–H and O–H groups in total. The molecule has 0 heterocycles. The van der Waals surface area contributed by atoms with Crippen molar-refractivity contribution in [3.8, 4) is 0 Å². The van der Waals surface area contributed by atoms with Crippen molar-refractivity contribution in [3.63, 3.8) is 0 Å². The normalized spacial score (nSPS) is 36.6. The van der Waals surface area contributed by atoms with Crippen molar-refractivity contribution in [2.45, 2.75) is 123 Å². The highest BCUT2D eigenvalue weighted by Gasteiger charge is 2.51. The highest BCUT2D eigenvalue weighted by Crippen LogP contribution is 2.60. The Morgan fingerprint density at radius 1 is 1.24 bits per heavy atom. The molecule has 0 bridgehead atoms. The second-order valence-electron chi connectivity index (χ2n) is 12.7. The van der Waals surface area contributed by atoms with Gasteiger partial charge < -0.3 is 14.9 Å². The maximum Gasteiger partial charge on any atom is 0.0599 e. The van der Waals surface area contributed by atoms with Crippen molar-refractivity contribution in [2.24, 2.45) is 29.1 Å². The van der Waals surface area contributed by atoms with Crippen LogP contribution in [0, 0.1) is 29.1 Å². The molecule has 0 unspecified atom stereocenters. The highest BCUT2D eigenvalue weighted by molar-refractivity contribution is 5.37. The SMILES string of the molecule is C=C1/C(=C\C=C2/CCC[C@]3(C)[C@@H]([C@@H](C)[C@@H](CCCCC(C)(C)O)OC)CC[C@@H]23)C[C@@H](O)C[C@@H]1C. The van der Waals surface area contributed by atoms with Gasteiger partial charge in [0.1, 0.15) is 0 Å². The van der Waals surface area contributed by atoms with Crippen LogP contribution in [0.2, 0.25) is 0 Å². The Balaban J connectivity index is 1.68. The number of rotatable bonds is 9. The number of aliphatic hydroxyl groups excluding tert-OH is 1. The number of aliphatic hydroxyl groups is 2. The number of methoxy groups -OCH3 is 1. The molecule has 0 aromatic heterocycles. The van der Waals surface area contributed by atoms with Crippen LogP contribution in [-0.4, -0.2) is 35.1 Å². The Bertz CT molecular complexity index is 757. The molecule has 0 aliphatic heterocycles. The van der Waals surface area contributed by atoms with Crippen molar-refractivity contribution in [2.75, 3.05) is 7.11 Å². The van der Waals surface area contributed by atoms with E-state index in [0.29, 0.717) is 35.2 Å². The fourth-order valence-electron chi connectivity index (χ4n) is 7.62. The average molecular weight is 473 g/mol. The maximum atomic E-state index is 10.3. The zero-order valence-corrected chi connectivity index (χ0v) is 22.9. The Morgan fingerprint density at radius 3 is 2.65 bits per heavy atom. The summed E-state index contributed by atoms with van der Waals surface area (Å²) in [6, 6.07) is 0. The third-order valence-electron chi connectivity index (χ3n) is 9.68. The molecule has 7 atom stereocenters. The summed E-state index contributed by atoms with van der Waals surface area (Å²) in [6.45, 7) is 15.3. The predicted octanol–water partition coefficient (Wildman–Crippen LogP) is 7.39. The lowest BCUT2D eigenvalue weighted by molar-refractivity contribution is -0.0116. The number of unbranched alkanes of at least 4 members (excludes halogenated alkanes) is 1. The third-order valence-corrected chi connectivity index (χ3v) is 9.68. The summed E-state index contributed by atoms with van der Waals surface area (Å²) in [5, 5.41) is 20.3. The van der Waals surface area contributed by atoms with Crippen molar-refractivity contribution < 1.29 is 14.9 Å². The first-order chi connectivity index (χ1) is 16.0. The van der Waals surface area contributed by atoms with Gasteiger partial charge in [0.05, 0.1) is 17.8 Å². The lowest BCUT2D eigenvalue weighted by Gasteiger charge is -2.45. The third kappa shape index (κ3) is 6.45. The number of hydrogen-bond acceptors (Lipinski definition) is 3. The molecule has 0 aromatic rings. The van der Waals surface area contributed by atoms with Gasteiger partial charge in [-0.05, 0) is 112 Å². The van der Waals surface area contributed by atoms with E-state index < -0.39 is 5.60 Å². The van der Waals surface area contributed by atoms with Gasteiger partial charge in [-0.25, -0.2) is 0 Å². The number of allylic oxidation sites excluding steroid dienone is 4. The standard InChI is InChI=1S/C31H52O3/c1-21-19-26(32)20-25(22(21)2)14-13-24-11-10-18-31(6)27(15-16-28(24)31)23(3)29(34-7)12-8-9-17-30(4,5)33/h13-14,21,23,26-29,32-33H,2,8-12,15-20H2,1,3-7H3/b24-13+,25-14-/t21-,23+,26-,27+,28-,29+,31+/m0/s1. The summed E-state index contributed by atoms with van der Waals surface area (Å²) >= 11 is 0. The summed E-state index contributed by atoms with van der Waals surface area (Å²) in [7, 11) is 1.89. The van der Waals surface area contributed by atoms with Crippen LogP contribution in [0.4, 0.5) is 0 Å². The summed E-state index contributed by atoms with van der Waals surface area (Å²) in [5.41, 5.74) is 3.87. The maximum absolute atomic E-state index is 10.3. The van der Waals surface area contributed by atoms with Gasteiger partial charge in [0, 0.05) is 7.11 Å². The minimum atomic E-state index is -0.569. The van der Waals surface area contributed by atoms with E-state index >= 15 is 0 Å². The lowest BCUT2D eigenvalue weighted by Crippen LogP contribution is -2.39. The van der Waals surface area contributed by atoms with Gasteiger partial charge in [0.2, 0.25) is 0 Å². The first kappa shape index (κ1) is 27.7. The lowest BCUT2D eigenvalue weighted by atomic mass is 9.60. The van der Waals surface area contributed by atoms with Crippen LogP contribution in [0.5, 0.6) is 0 Å². The van der Waals surface area contributed by atoms with Crippen LogP contribution >= 0.6 is 0 Å². The Labute approximate surface area is 209 Å². The molecule has 0 spiro atoms. The summed E-state index contributed by atoms with van der Waals surface area (Å²) in [6.07, 6.45) is 16.8. The minimum Gasteiger partial charge on any atom is -0.393 e. The largest absolute Gasteiger partial charge is 0.393 e. The molecule has 194 valence electrons. The van der Waals surface area contributed by atoms with Gasteiger partial charge in [-0.15, -0.1) is 0 Å². The predicted molar refractivity (Wildman–Crippen MR) is 143 cm³/mol. The molecule has 3 rings (SSSR count). The molecule has 3 fully saturated rings. The molecule has 3 aliphatic carbocycles. The van der Waals surface area contributed by atoms with Crippen LogP contribution in [-0.2, 0) is 4.74 Å². The summed E-state index contributed by atoms with van der Waals surface area (Å²) < 4.78 is 6.05. The van der Waals surface area contributed by atoms with Gasteiger partial charge in [-0.3, -0.25) is 0 Å². The number of ether oxygens (including phenoxy) is 1. The van der Waals surface area contributed by atoms with E-state index in [1.807, 2.05) is 21.0 Å². The zero-order chi connectivity index (χ0) is 25.1. The summed E-state index contributed by atoms with van der Waals surface area (Å²) in [5.74, 6) is 2.28.